The number of pyridine rings is 1. The van der Waals surface area contributed by atoms with E-state index in [4.69, 9.17) is 23.2 Å². The van der Waals surface area contributed by atoms with Gasteiger partial charge in [-0.15, -0.1) is 0 Å². The molecule has 3 nitrogen and oxygen atoms in total. The van der Waals surface area contributed by atoms with Gasteiger partial charge in [-0.2, -0.15) is 0 Å². The molecule has 2 aliphatic rings. The van der Waals surface area contributed by atoms with Crippen molar-refractivity contribution >= 4 is 23.2 Å². The highest BCUT2D eigenvalue weighted by Crippen LogP contribution is 2.29. The van der Waals surface area contributed by atoms with Gasteiger partial charge in [0, 0.05) is 24.0 Å². The Morgan fingerprint density at radius 1 is 0.920 bits per heavy atom. The molecule has 0 unspecified atom stereocenters. The lowest BCUT2D eigenvalue weighted by molar-refractivity contribution is 0.630. The molecular weight excluding hydrogens is 360 g/mol. The molecule has 2 aromatic rings. The Morgan fingerprint density at radius 2 is 1.68 bits per heavy atom. The number of aromatic nitrogens is 3. The van der Waals surface area contributed by atoms with Crippen LogP contribution in [-0.2, 0) is 6.54 Å². The zero-order chi connectivity index (χ0) is 17.4. The maximum absolute atomic E-state index is 14.2. The van der Waals surface area contributed by atoms with Crippen LogP contribution in [0.2, 0.25) is 10.0 Å². The zero-order valence-electron chi connectivity index (χ0n) is 13.0. The molecule has 2 aliphatic heterocycles. The Bertz CT molecular complexity index is 1010. The molecule has 0 amide bonds. The summed E-state index contributed by atoms with van der Waals surface area (Å²) in [4.78, 5) is 8.85. The van der Waals surface area contributed by atoms with E-state index in [-0.39, 0.29) is 5.02 Å². The fraction of sp³-hybridized carbons (Fsp3) is 0.0526. The predicted octanol–water partition coefficient (Wildman–Crippen LogP) is 5.54. The lowest BCUT2D eigenvalue weighted by Crippen LogP contribution is -2.00. The second-order valence-electron chi connectivity index (χ2n) is 5.66. The number of imidazole rings is 1. The Hall–Kier alpha value is -2.43. The molecule has 0 saturated carbocycles. The van der Waals surface area contributed by atoms with Gasteiger partial charge in [-0.05, 0) is 35.9 Å². The van der Waals surface area contributed by atoms with Crippen LogP contribution in [0.3, 0.4) is 0 Å². The zero-order valence-corrected chi connectivity index (χ0v) is 14.5. The topological polar surface area (TPSA) is 30.7 Å². The van der Waals surface area contributed by atoms with Crippen LogP contribution in [0, 0.1) is 5.82 Å². The number of rotatable bonds is 3. The summed E-state index contributed by atoms with van der Waals surface area (Å²) < 4.78 is 16.2. The van der Waals surface area contributed by atoms with Crippen LogP contribution in [-0.4, -0.2) is 14.5 Å². The van der Waals surface area contributed by atoms with Crippen LogP contribution < -0.4 is 0 Å². The van der Waals surface area contributed by atoms with Crippen molar-refractivity contribution in [2.24, 2.45) is 0 Å². The fourth-order valence-corrected chi connectivity index (χ4v) is 2.95. The van der Waals surface area contributed by atoms with E-state index < -0.39 is 5.82 Å². The average Bonchev–Trinajstić information content (AvgIpc) is 3.02. The summed E-state index contributed by atoms with van der Waals surface area (Å²) in [5.74, 6) is -0.173. The Labute approximate surface area is 154 Å². The minimum absolute atomic E-state index is 0.0594. The second kappa shape index (κ2) is 6.47. The highest BCUT2D eigenvalue weighted by atomic mass is 35.5. The van der Waals surface area contributed by atoms with Crippen molar-refractivity contribution in [2.75, 3.05) is 0 Å². The van der Waals surface area contributed by atoms with E-state index in [1.165, 1.54) is 6.07 Å². The van der Waals surface area contributed by atoms with Gasteiger partial charge < -0.3 is 4.57 Å². The highest BCUT2D eigenvalue weighted by Gasteiger charge is 2.16. The highest BCUT2D eigenvalue weighted by molar-refractivity contribution is 6.31. The van der Waals surface area contributed by atoms with Gasteiger partial charge in [-0.25, -0.2) is 14.4 Å². The first-order valence-electron chi connectivity index (χ1n) is 7.62. The third-order valence-corrected chi connectivity index (χ3v) is 4.44. The van der Waals surface area contributed by atoms with E-state index in [1.807, 2.05) is 47.3 Å². The molecule has 0 bridgehead atoms. The normalized spacial score (nSPS) is 11.2. The summed E-state index contributed by atoms with van der Waals surface area (Å²) in [5, 5.41) is 0.767. The molecule has 0 aromatic heterocycles. The number of hydrogen-bond acceptors (Lipinski definition) is 2. The smallest absolute Gasteiger partial charge is 0.163 e. The number of fused-ring (bicyclic) bond motifs is 1. The van der Waals surface area contributed by atoms with Gasteiger partial charge in [-0.3, -0.25) is 0 Å². The Morgan fingerprint density at radius 3 is 2.48 bits per heavy atom. The first kappa shape index (κ1) is 16.1. The van der Waals surface area contributed by atoms with Crippen molar-refractivity contribution in [3.63, 3.8) is 0 Å². The summed E-state index contributed by atoms with van der Waals surface area (Å²) in [6, 6.07) is 14.3. The van der Waals surface area contributed by atoms with Crippen molar-refractivity contribution in [2.45, 2.75) is 6.54 Å². The molecule has 2 aromatic carbocycles. The molecule has 25 heavy (non-hydrogen) atoms. The van der Waals surface area contributed by atoms with E-state index in [2.05, 4.69) is 9.97 Å². The van der Waals surface area contributed by atoms with Crippen LogP contribution in [0.1, 0.15) is 5.56 Å². The van der Waals surface area contributed by atoms with Gasteiger partial charge in [0.1, 0.15) is 5.69 Å². The Balaban J connectivity index is 1.69. The third-order valence-electron chi connectivity index (χ3n) is 3.90. The maximum atomic E-state index is 14.2. The van der Waals surface area contributed by atoms with Crippen molar-refractivity contribution < 1.29 is 4.39 Å². The monoisotopic (exact) mass is 371 g/mol. The summed E-state index contributed by atoms with van der Waals surface area (Å²) in [7, 11) is 0. The number of halogens is 3. The number of hydrogen-bond donors (Lipinski definition) is 0. The van der Waals surface area contributed by atoms with Crippen molar-refractivity contribution in [3.05, 3.63) is 82.4 Å². The van der Waals surface area contributed by atoms with E-state index in [0.717, 1.165) is 5.56 Å². The van der Waals surface area contributed by atoms with Gasteiger partial charge in [-0.1, -0.05) is 41.4 Å². The van der Waals surface area contributed by atoms with E-state index >= 15 is 0 Å². The molecule has 6 heteroatoms. The molecule has 0 spiro atoms. The predicted molar refractivity (Wildman–Crippen MR) is 97.6 cm³/mol. The molecule has 2 heterocycles. The SMILES string of the molecule is Fc1c(Cl)cccc1-c1nc2ccn(Cc3ccc(Cl)cc3)cc-2n1. The summed E-state index contributed by atoms with van der Waals surface area (Å²) in [6.07, 6.45) is 3.81. The lowest BCUT2D eigenvalue weighted by Gasteiger charge is -2.08. The van der Waals surface area contributed by atoms with Gasteiger partial charge in [0.25, 0.3) is 0 Å². The summed E-state index contributed by atoms with van der Waals surface area (Å²) in [5.41, 5.74) is 2.83. The summed E-state index contributed by atoms with van der Waals surface area (Å²) >= 11 is 11.8. The fourth-order valence-electron chi connectivity index (χ4n) is 2.65. The largest absolute Gasteiger partial charge is 0.348 e. The molecule has 124 valence electrons. The molecular formula is C19H12Cl2FN3. The Kier molecular flexibility index (Phi) is 4.15. The maximum Gasteiger partial charge on any atom is 0.163 e. The lowest BCUT2D eigenvalue weighted by atomic mass is 10.2. The second-order valence-corrected chi connectivity index (χ2v) is 6.51. The average molecular weight is 372 g/mol. The van der Waals surface area contributed by atoms with E-state index in [0.29, 0.717) is 34.3 Å². The molecule has 0 aliphatic carbocycles. The molecule has 0 atom stereocenters. The quantitative estimate of drug-likeness (QED) is 0.473. The van der Waals surface area contributed by atoms with Crippen molar-refractivity contribution in [1.29, 1.82) is 0 Å². The van der Waals surface area contributed by atoms with Crippen LogP contribution in [0.4, 0.5) is 4.39 Å². The summed E-state index contributed by atoms with van der Waals surface area (Å²) in [6.45, 7) is 0.681. The van der Waals surface area contributed by atoms with E-state index in [1.54, 1.807) is 12.1 Å². The minimum atomic E-state index is -0.506. The van der Waals surface area contributed by atoms with Crippen molar-refractivity contribution in [1.82, 2.24) is 14.5 Å². The van der Waals surface area contributed by atoms with Gasteiger partial charge >= 0.3 is 0 Å². The molecule has 4 rings (SSSR count). The first-order chi connectivity index (χ1) is 12.1. The van der Waals surface area contributed by atoms with Gasteiger partial charge in [0.05, 0.1) is 16.3 Å². The molecule has 0 saturated heterocycles. The number of nitrogens with zero attached hydrogens (tertiary/aromatic N) is 3. The van der Waals surface area contributed by atoms with Crippen LogP contribution in [0.15, 0.2) is 60.9 Å². The van der Waals surface area contributed by atoms with Gasteiger partial charge in [0.2, 0.25) is 0 Å². The molecule has 0 N–H and O–H groups in total. The van der Waals surface area contributed by atoms with Crippen LogP contribution in [0.25, 0.3) is 22.8 Å². The third kappa shape index (κ3) is 3.23. The molecule has 0 fully saturated rings. The van der Waals surface area contributed by atoms with Crippen molar-refractivity contribution in [3.8, 4) is 22.8 Å². The first-order valence-corrected chi connectivity index (χ1v) is 8.38. The standard InChI is InChI=1S/C19H12Cl2FN3/c20-13-6-4-12(5-7-13)10-25-9-8-16-17(11-25)24-19(23-16)14-2-1-3-15(21)18(14)22/h1-9,11H,10H2. The van der Waals surface area contributed by atoms with Crippen LogP contribution in [0.5, 0.6) is 0 Å². The molecule has 0 radical (unpaired) electrons. The minimum Gasteiger partial charge on any atom is -0.348 e. The number of benzene rings is 2. The van der Waals surface area contributed by atoms with E-state index in [9.17, 15) is 4.39 Å². The van der Waals surface area contributed by atoms with Gasteiger partial charge in [0.15, 0.2) is 11.6 Å². The van der Waals surface area contributed by atoms with Crippen LogP contribution >= 0.6 is 23.2 Å².